The second kappa shape index (κ2) is 11.5. The fourth-order valence-corrected chi connectivity index (χ4v) is 3.84. The number of nitrogens with one attached hydrogen (secondary N) is 3. The lowest BCUT2D eigenvalue weighted by molar-refractivity contribution is -0.141. The molecule has 7 heteroatoms. The first-order valence-electron chi connectivity index (χ1n) is 9.88. The number of carboxylic acids is 1. The molecule has 0 aromatic heterocycles. The molecule has 5 atom stereocenters. The molecule has 1 heterocycles. The summed E-state index contributed by atoms with van der Waals surface area (Å²) in [6.45, 7) is 13.1. The number of carbonyl (C=O) groups excluding carboxylic acids is 1. The highest BCUT2D eigenvalue weighted by molar-refractivity contribution is 5.78. The first-order valence-corrected chi connectivity index (χ1v) is 9.88. The molecule has 1 fully saturated rings. The van der Waals surface area contributed by atoms with Gasteiger partial charge in [0.15, 0.2) is 0 Å². The molecule has 1 aliphatic rings. The number of nitrogens with zero attached hydrogens (tertiary/aromatic N) is 1. The van der Waals surface area contributed by atoms with E-state index in [1.807, 2.05) is 13.8 Å². The van der Waals surface area contributed by atoms with Crippen molar-refractivity contribution in [1.82, 2.24) is 20.9 Å². The lowest BCUT2D eigenvalue weighted by atomic mass is 9.90. The van der Waals surface area contributed by atoms with Crippen molar-refractivity contribution in [2.45, 2.75) is 52.6 Å². The van der Waals surface area contributed by atoms with Gasteiger partial charge in [0, 0.05) is 44.7 Å². The summed E-state index contributed by atoms with van der Waals surface area (Å²) in [6, 6.07) is -0.0996. The maximum absolute atomic E-state index is 12.4. The fraction of sp³-hybridized carbons (Fsp3) is 0.895. The number of carboxylic acid groups (broad SMARTS) is 1. The summed E-state index contributed by atoms with van der Waals surface area (Å²) in [5.74, 6) is -0.749. The zero-order valence-corrected chi connectivity index (χ0v) is 17.0. The Morgan fingerprint density at radius 3 is 2.27 bits per heavy atom. The van der Waals surface area contributed by atoms with E-state index in [-0.39, 0.29) is 17.7 Å². The monoisotopic (exact) mass is 370 g/mol. The van der Waals surface area contributed by atoms with E-state index in [0.29, 0.717) is 24.9 Å². The Morgan fingerprint density at radius 2 is 1.73 bits per heavy atom. The van der Waals surface area contributed by atoms with Crippen molar-refractivity contribution in [3.8, 4) is 0 Å². The number of likely N-dealkylation sites (N-methyl/N-ethyl adjacent to an activating group) is 1. The van der Waals surface area contributed by atoms with E-state index >= 15 is 0 Å². The average molecular weight is 371 g/mol. The Bertz CT molecular complexity index is 441. The van der Waals surface area contributed by atoms with Crippen LogP contribution in [0.1, 0.15) is 40.5 Å². The molecule has 1 aliphatic heterocycles. The molecule has 1 amide bonds. The molecule has 4 unspecified atom stereocenters. The van der Waals surface area contributed by atoms with Gasteiger partial charge in [0.1, 0.15) is 6.04 Å². The second-order valence-corrected chi connectivity index (χ2v) is 7.94. The predicted octanol–water partition coefficient (Wildman–Crippen LogP) is 0.757. The normalized spacial score (nSPS) is 21.4. The highest BCUT2D eigenvalue weighted by Gasteiger charge is 2.26. The standard InChI is InChI=1S/C19H38N4O3/c1-13(10-16(4)23-8-6-21-7-9-23)12-22-18(24)15(3)11-14(2)17(20-5)19(25)26/h13-17,20-21H,6-12H2,1-5H3,(H,22,24)(H,25,26)/t13?,14?,15?,16?,17-/m0/s1. The SMILES string of the molecule is CN[C@H](C(=O)O)C(C)CC(C)C(=O)NCC(C)CC(C)N1CCNCC1. The molecule has 0 aromatic rings. The van der Waals surface area contributed by atoms with E-state index in [1.54, 1.807) is 7.05 Å². The number of aliphatic carboxylic acids is 1. The Hall–Kier alpha value is -1.18. The third kappa shape index (κ3) is 7.60. The summed E-state index contributed by atoms with van der Waals surface area (Å²) >= 11 is 0. The summed E-state index contributed by atoms with van der Waals surface area (Å²) in [7, 11) is 1.64. The van der Waals surface area contributed by atoms with E-state index in [0.717, 1.165) is 32.6 Å². The zero-order chi connectivity index (χ0) is 19.7. The molecule has 0 aliphatic carbocycles. The van der Waals surface area contributed by atoms with Crippen LogP contribution in [-0.2, 0) is 9.59 Å². The molecule has 4 N–H and O–H groups in total. The maximum atomic E-state index is 12.4. The van der Waals surface area contributed by atoms with Crippen LogP contribution in [0, 0.1) is 17.8 Å². The lowest BCUT2D eigenvalue weighted by Gasteiger charge is -2.34. The summed E-state index contributed by atoms with van der Waals surface area (Å²) in [5.41, 5.74) is 0. The quantitative estimate of drug-likeness (QED) is 0.429. The van der Waals surface area contributed by atoms with Crippen molar-refractivity contribution in [3.63, 3.8) is 0 Å². The third-order valence-corrected chi connectivity index (χ3v) is 5.46. The fourth-order valence-electron chi connectivity index (χ4n) is 3.84. The van der Waals surface area contributed by atoms with Crippen LogP contribution < -0.4 is 16.0 Å². The Balaban J connectivity index is 2.33. The van der Waals surface area contributed by atoms with Crippen molar-refractivity contribution >= 4 is 11.9 Å². The van der Waals surface area contributed by atoms with E-state index < -0.39 is 12.0 Å². The zero-order valence-electron chi connectivity index (χ0n) is 17.0. The molecule has 0 aromatic carbocycles. The first-order chi connectivity index (χ1) is 12.3. The third-order valence-electron chi connectivity index (χ3n) is 5.46. The van der Waals surface area contributed by atoms with Gasteiger partial charge in [-0.15, -0.1) is 0 Å². The van der Waals surface area contributed by atoms with Crippen LogP contribution in [-0.4, -0.2) is 73.7 Å². The number of amides is 1. The van der Waals surface area contributed by atoms with Crippen LogP contribution >= 0.6 is 0 Å². The molecule has 0 radical (unpaired) electrons. The maximum Gasteiger partial charge on any atom is 0.320 e. The Kier molecular flexibility index (Phi) is 10.1. The van der Waals surface area contributed by atoms with Gasteiger partial charge in [0.05, 0.1) is 0 Å². The Labute approximate surface area is 158 Å². The van der Waals surface area contributed by atoms with Crippen molar-refractivity contribution in [3.05, 3.63) is 0 Å². The van der Waals surface area contributed by atoms with Crippen molar-refractivity contribution in [1.29, 1.82) is 0 Å². The molecular weight excluding hydrogens is 332 g/mol. The van der Waals surface area contributed by atoms with Crippen LogP contribution in [0.2, 0.25) is 0 Å². The topological polar surface area (TPSA) is 93.7 Å². The number of carbonyl (C=O) groups is 2. The molecule has 152 valence electrons. The van der Waals surface area contributed by atoms with Gasteiger partial charge in [-0.25, -0.2) is 0 Å². The predicted molar refractivity (Wildman–Crippen MR) is 104 cm³/mol. The molecule has 0 spiro atoms. The summed E-state index contributed by atoms with van der Waals surface area (Å²) in [6.07, 6.45) is 1.61. The van der Waals surface area contributed by atoms with Crippen molar-refractivity contribution in [2.75, 3.05) is 39.8 Å². The molecule has 0 bridgehead atoms. The highest BCUT2D eigenvalue weighted by Crippen LogP contribution is 2.17. The molecule has 26 heavy (non-hydrogen) atoms. The van der Waals surface area contributed by atoms with Gasteiger partial charge in [0.2, 0.25) is 5.91 Å². The minimum Gasteiger partial charge on any atom is -0.480 e. The molecule has 7 nitrogen and oxygen atoms in total. The number of piperazine rings is 1. The molecule has 1 rings (SSSR count). The minimum absolute atomic E-state index is 0.0127. The molecule has 1 saturated heterocycles. The molecular formula is C19H38N4O3. The van der Waals surface area contributed by atoms with Crippen LogP contribution in [0.4, 0.5) is 0 Å². The summed E-state index contributed by atoms with van der Waals surface area (Å²) in [4.78, 5) is 26.1. The first kappa shape index (κ1) is 22.9. The van der Waals surface area contributed by atoms with Crippen LogP contribution in [0.5, 0.6) is 0 Å². The van der Waals surface area contributed by atoms with Gasteiger partial charge in [-0.05, 0) is 38.6 Å². The van der Waals surface area contributed by atoms with E-state index in [9.17, 15) is 14.7 Å². The smallest absolute Gasteiger partial charge is 0.320 e. The van der Waals surface area contributed by atoms with Gasteiger partial charge in [0.25, 0.3) is 0 Å². The van der Waals surface area contributed by atoms with E-state index in [2.05, 4.69) is 34.7 Å². The van der Waals surface area contributed by atoms with Gasteiger partial charge >= 0.3 is 5.97 Å². The number of hydrogen-bond acceptors (Lipinski definition) is 5. The summed E-state index contributed by atoms with van der Waals surface area (Å²) in [5, 5.41) is 18.4. The van der Waals surface area contributed by atoms with E-state index in [4.69, 9.17) is 0 Å². The van der Waals surface area contributed by atoms with Crippen molar-refractivity contribution < 1.29 is 14.7 Å². The highest BCUT2D eigenvalue weighted by atomic mass is 16.4. The number of hydrogen-bond donors (Lipinski definition) is 4. The van der Waals surface area contributed by atoms with E-state index in [1.165, 1.54) is 0 Å². The van der Waals surface area contributed by atoms with Crippen LogP contribution in [0.25, 0.3) is 0 Å². The van der Waals surface area contributed by atoms with Gasteiger partial charge < -0.3 is 21.1 Å². The minimum atomic E-state index is -0.872. The van der Waals surface area contributed by atoms with Gasteiger partial charge in [-0.3, -0.25) is 14.5 Å². The summed E-state index contributed by atoms with van der Waals surface area (Å²) < 4.78 is 0. The largest absolute Gasteiger partial charge is 0.480 e. The van der Waals surface area contributed by atoms with Crippen LogP contribution in [0.3, 0.4) is 0 Å². The Morgan fingerprint density at radius 1 is 1.12 bits per heavy atom. The second-order valence-electron chi connectivity index (χ2n) is 7.94. The van der Waals surface area contributed by atoms with Crippen molar-refractivity contribution in [2.24, 2.45) is 17.8 Å². The van der Waals surface area contributed by atoms with Gasteiger partial charge in [-0.2, -0.15) is 0 Å². The van der Waals surface area contributed by atoms with Crippen LogP contribution in [0.15, 0.2) is 0 Å². The molecule has 0 saturated carbocycles. The van der Waals surface area contributed by atoms with Gasteiger partial charge in [-0.1, -0.05) is 20.8 Å². The number of rotatable bonds is 11. The lowest BCUT2D eigenvalue weighted by Crippen LogP contribution is -2.48. The average Bonchev–Trinajstić information content (AvgIpc) is 2.60.